The van der Waals surface area contributed by atoms with E-state index in [1.807, 2.05) is 36.4 Å². The Morgan fingerprint density at radius 1 is 0.560 bits per heavy atom. The molecular formula is C36H35N9OS4. The van der Waals surface area contributed by atoms with Gasteiger partial charge in [0.15, 0.2) is 5.13 Å². The molecule has 0 aliphatic heterocycles. The molecule has 4 aromatic heterocycles. The van der Waals surface area contributed by atoms with Crippen LogP contribution in [-0.4, -0.2) is 15.1 Å². The first-order chi connectivity index (χ1) is 24.4. The lowest BCUT2D eigenvalue weighted by Crippen LogP contribution is -1.82. The molecule has 254 valence electrons. The first-order valence-electron chi connectivity index (χ1n) is 16.2. The molecule has 0 fully saturated rings. The maximum Gasteiger partial charge on any atom is 0.231 e. The molecule has 14 heteroatoms. The SMILES string of the molecule is CCCCc1ccc(N=Nc2cc3sc(N)nc3s2)cc1.CCCCc1ccc(N=Nc2cc3sc(N=Nc4ccc(O)cc4)nc3s2)cc1. The van der Waals surface area contributed by atoms with Crippen molar-refractivity contribution in [3.63, 3.8) is 0 Å². The average molecular weight is 738 g/mol. The van der Waals surface area contributed by atoms with Crippen molar-refractivity contribution in [2.45, 2.75) is 52.4 Å². The second-order valence-electron chi connectivity index (χ2n) is 11.2. The Hall–Kier alpha value is -4.76. The number of phenols is 1. The van der Waals surface area contributed by atoms with Crippen LogP contribution < -0.4 is 5.73 Å². The molecule has 3 N–H and O–H groups in total. The number of aromatic nitrogens is 2. The Morgan fingerprint density at radius 2 is 1.02 bits per heavy atom. The predicted molar refractivity (Wildman–Crippen MR) is 210 cm³/mol. The van der Waals surface area contributed by atoms with E-state index in [1.165, 1.54) is 82.2 Å². The number of aromatic hydroxyl groups is 1. The third kappa shape index (κ3) is 9.91. The van der Waals surface area contributed by atoms with E-state index in [9.17, 15) is 5.11 Å². The van der Waals surface area contributed by atoms with Crippen molar-refractivity contribution in [2.24, 2.45) is 30.7 Å². The number of thiazole rings is 2. The van der Waals surface area contributed by atoms with Crippen LogP contribution in [0.2, 0.25) is 0 Å². The van der Waals surface area contributed by atoms with E-state index in [-0.39, 0.29) is 5.75 Å². The van der Waals surface area contributed by atoms with Crippen LogP contribution in [0.3, 0.4) is 0 Å². The zero-order chi connectivity index (χ0) is 34.7. The van der Waals surface area contributed by atoms with Crippen LogP contribution in [0.15, 0.2) is 116 Å². The normalized spacial score (nSPS) is 11.8. The summed E-state index contributed by atoms with van der Waals surface area (Å²) < 4.78 is 2.08. The van der Waals surface area contributed by atoms with Crippen molar-refractivity contribution in [3.8, 4) is 5.75 Å². The van der Waals surface area contributed by atoms with E-state index in [1.54, 1.807) is 24.3 Å². The number of thiophene rings is 2. The van der Waals surface area contributed by atoms with Crippen molar-refractivity contribution < 1.29 is 5.11 Å². The molecule has 50 heavy (non-hydrogen) atoms. The number of anilines is 1. The summed E-state index contributed by atoms with van der Waals surface area (Å²) in [7, 11) is 0. The fourth-order valence-corrected chi connectivity index (χ4v) is 8.30. The molecule has 0 amide bonds. The van der Waals surface area contributed by atoms with Gasteiger partial charge in [0.05, 0.1) is 26.5 Å². The van der Waals surface area contributed by atoms with Crippen LogP contribution >= 0.6 is 45.3 Å². The van der Waals surface area contributed by atoms with Crippen molar-refractivity contribution >= 4 is 102 Å². The molecular weight excluding hydrogens is 703 g/mol. The zero-order valence-electron chi connectivity index (χ0n) is 27.6. The van der Waals surface area contributed by atoms with Gasteiger partial charge in [-0.15, -0.1) is 30.7 Å². The molecule has 0 aliphatic rings. The minimum atomic E-state index is 0.202. The molecule has 7 aromatic rings. The second-order valence-corrected chi connectivity index (χ2v) is 15.3. The highest BCUT2D eigenvalue weighted by Gasteiger charge is 2.09. The molecule has 0 spiro atoms. The molecule has 0 aliphatic carbocycles. The molecule has 0 unspecified atom stereocenters. The van der Waals surface area contributed by atoms with Crippen LogP contribution in [0.1, 0.15) is 50.7 Å². The number of phenolic OH excluding ortho intramolecular Hbond substituents is 1. The number of fused-ring (bicyclic) bond motifs is 2. The smallest absolute Gasteiger partial charge is 0.231 e. The van der Waals surface area contributed by atoms with E-state index >= 15 is 0 Å². The Balaban J connectivity index is 0.000000182. The number of unbranched alkanes of at least 4 members (excludes halogenated alkanes) is 2. The maximum absolute atomic E-state index is 9.30. The van der Waals surface area contributed by atoms with Crippen molar-refractivity contribution in [1.29, 1.82) is 0 Å². The molecule has 0 bridgehead atoms. The molecule has 3 aromatic carbocycles. The number of azo groups is 3. The highest BCUT2D eigenvalue weighted by molar-refractivity contribution is 7.31. The zero-order valence-corrected chi connectivity index (χ0v) is 30.8. The van der Waals surface area contributed by atoms with E-state index < -0.39 is 0 Å². The summed E-state index contributed by atoms with van der Waals surface area (Å²) in [6.07, 6.45) is 7.08. The van der Waals surface area contributed by atoms with Crippen molar-refractivity contribution in [1.82, 2.24) is 9.97 Å². The summed E-state index contributed by atoms with van der Waals surface area (Å²) in [5, 5.41) is 37.7. The maximum atomic E-state index is 9.30. The first kappa shape index (κ1) is 35.1. The van der Waals surface area contributed by atoms with Crippen LogP contribution in [0.4, 0.5) is 37.3 Å². The number of nitrogens with zero attached hydrogens (tertiary/aromatic N) is 8. The number of nitrogen functional groups attached to an aromatic ring is 1. The number of rotatable bonds is 12. The summed E-state index contributed by atoms with van der Waals surface area (Å²) in [4.78, 5) is 10.5. The minimum absolute atomic E-state index is 0.202. The van der Waals surface area contributed by atoms with Crippen molar-refractivity contribution in [2.75, 3.05) is 5.73 Å². The fraction of sp³-hybridized carbons (Fsp3) is 0.222. The summed E-state index contributed by atoms with van der Waals surface area (Å²) in [6, 6.07) is 27.0. The Bertz CT molecular complexity index is 2150. The van der Waals surface area contributed by atoms with Gasteiger partial charge in [-0.05, 0) is 97.5 Å². The van der Waals surface area contributed by atoms with Gasteiger partial charge in [-0.3, -0.25) is 0 Å². The molecule has 4 heterocycles. The van der Waals surface area contributed by atoms with Gasteiger partial charge in [0.25, 0.3) is 0 Å². The van der Waals surface area contributed by atoms with Crippen LogP contribution in [-0.2, 0) is 12.8 Å². The molecule has 0 saturated carbocycles. The van der Waals surface area contributed by atoms with Crippen LogP contribution in [0.5, 0.6) is 5.75 Å². The topological polar surface area (TPSA) is 146 Å². The number of aryl methyl sites for hydroxylation is 2. The summed E-state index contributed by atoms with van der Waals surface area (Å²) >= 11 is 5.93. The predicted octanol–water partition coefficient (Wildman–Crippen LogP) is 13.9. The minimum Gasteiger partial charge on any atom is -0.508 e. The molecule has 0 radical (unpaired) electrons. The van der Waals surface area contributed by atoms with Crippen LogP contribution in [0.25, 0.3) is 19.1 Å². The van der Waals surface area contributed by atoms with Gasteiger partial charge in [0.1, 0.15) is 25.4 Å². The van der Waals surface area contributed by atoms with E-state index in [2.05, 4.69) is 78.8 Å². The summed E-state index contributed by atoms with van der Waals surface area (Å²) in [5.74, 6) is 0.202. The van der Waals surface area contributed by atoms with Crippen molar-refractivity contribution in [3.05, 3.63) is 96.1 Å². The van der Waals surface area contributed by atoms with Crippen LogP contribution in [0, 0.1) is 0 Å². The van der Waals surface area contributed by atoms with Gasteiger partial charge in [0.2, 0.25) is 5.13 Å². The quantitative estimate of drug-likeness (QED) is 0.120. The lowest BCUT2D eigenvalue weighted by Gasteiger charge is -1.99. The van der Waals surface area contributed by atoms with Gasteiger partial charge >= 0.3 is 0 Å². The van der Waals surface area contributed by atoms with Gasteiger partial charge in [-0.2, -0.15) is 0 Å². The van der Waals surface area contributed by atoms with E-state index in [0.29, 0.717) is 16.0 Å². The lowest BCUT2D eigenvalue weighted by molar-refractivity contribution is 0.475. The Labute approximate surface area is 305 Å². The highest BCUT2D eigenvalue weighted by Crippen LogP contribution is 2.39. The van der Waals surface area contributed by atoms with Gasteiger partial charge in [-0.1, -0.05) is 96.3 Å². The Kier molecular flexibility index (Phi) is 12.1. The van der Waals surface area contributed by atoms with Gasteiger partial charge in [-0.25, -0.2) is 9.97 Å². The highest BCUT2D eigenvalue weighted by atomic mass is 32.1. The first-order valence-corrected chi connectivity index (χ1v) is 19.5. The van der Waals surface area contributed by atoms with E-state index in [0.717, 1.165) is 53.3 Å². The summed E-state index contributed by atoms with van der Waals surface area (Å²) in [5.41, 5.74) is 10.7. The Morgan fingerprint density at radius 3 is 1.50 bits per heavy atom. The van der Waals surface area contributed by atoms with Gasteiger partial charge < -0.3 is 10.8 Å². The average Bonchev–Trinajstić information content (AvgIpc) is 3.89. The summed E-state index contributed by atoms with van der Waals surface area (Å²) in [6.45, 7) is 4.40. The van der Waals surface area contributed by atoms with Gasteiger partial charge in [0, 0.05) is 0 Å². The third-order valence-corrected chi connectivity index (χ3v) is 11.1. The number of hydrogen-bond acceptors (Lipinski definition) is 14. The number of benzene rings is 3. The largest absolute Gasteiger partial charge is 0.508 e. The fourth-order valence-electron chi connectivity index (χ4n) is 4.65. The van der Waals surface area contributed by atoms with E-state index in [4.69, 9.17) is 5.73 Å². The number of nitrogens with two attached hydrogens (primary N) is 1. The molecule has 10 nitrogen and oxygen atoms in total. The molecule has 0 atom stereocenters. The standard InChI is InChI=1S/C21H19N5OS2.C15H16N4S2/c1-2-3-4-14-5-7-15(8-6-14)23-25-19-13-18-20(29-19)22-21(28-18)26-24-16-9-11-17(27)12-10-16;1-2-3-4-10-5-7-11(8-6-10)18-19-13-9-12-14(21-13)17-15(16)20-12/h5-13,27H,2-4H2,1H3;5-9H,2-4H2,1H3,(H2,16,17). The lowest BCUT2D eigenvalue weighted by atomic mass is 10.1. The monoisotopic (exact) mass is 737 g/mol. The second kappa shape index (κ2) is 17.3. The number of hydrogen-bond donors (Lipinski definition) is 2. The molecule has 0 saturated heterocycles. The third-order valence-electron chi connectivity index (χ3n) is 7.30. The molecule has 7 rings (SSSR count).